The number of quaternary nitrogens is 1. The van der Waals surface area contributed by atoms with E-state index in [4.69, 9.17) is 4.74 Å². The van der Waals surface area contributed by atoms with Crippen LogP contribution < -0.4 is 10.1 Å². The summed E-state index contributed by atoms with van der Waals surface area (Å²) in [6.07, 6.45) is 1.03. The average Bonchev–Trinajstić information content (AvgIpc) is 2.44. The molecule has 0 spiro atoms. The van der Waals surface area contributed by atoms with E-state index in [1.165, 1.54) is 11.1 Å². The molecule has 0 unspecified atom stereocenters. The third-order valence-corrected chi connectivity index (χ3v) is 3.57. The van der Waals surface area contributed by atoms with Crippen molar-refractivity contribution in [3.8, 4) is 5.75 Å². The zero-order valence-electron chi connectivity index (χ0n) is 11.1. The summed E-state index contributed by atoms with van der Waals surface area (Å²) in [7, 11) is 1.73. The minimum Gasteiger partial charge on any atom is -0.496 e. The first kappa shape index (κ1) is 14.1. The van der Waals surface area contributed by atoms with E-state index < -0.39 is 0 Å². The lowest BCUT2D eigenvalue weighted by atomic mass is 10.1. The lowest BCUT2D eigenvalue weighted by Crippen LogP contribution is -2.83. The van der Waals surface area contributed by atoms with E-state index in [0.29, 0.717) is 0 Å². The summed E-state index contributed by atoms with van der Waals surface area (Å²) in [5, 5.41) is 2.33. The van der Waals surface area contributed by atoms with Crippen molar-refractivity contribution in [1.82, 2.24) is 0 Å². The molecule has 19 heavy (non-hydrogen) atoms. The molecule has 0 saturated carbocycles. The van der Waals surface area contributed by atoms with Crippen molar-refractivity contribution in [2.75, 3.05) is 13.7 Å². The molecule has 0 saturated heterocycles. The van der Waals surface area contributed by atoms with Gasteiger partial charge in [0.1, 0.15) is 12.3 Å². The van der Waals surface area contributed by atoms with Crippen LogP contribution in [0.3, 0.4) is 0 Å². The number of para-hydroxylation sites is 1. The summed E-state index contributed by atoms with van der Waals surface area (Å²) in [5.74, 6) is 0.985. The van der Waals surface area contributed by atoms with Crippen molar-refractivity contribution >= 4 is 15.9 Å². The first-order chi connectivity index (χ1) is 9.29. The van der Waals surface area contributed by atoms with Crippen LogP contribution in [0.4, 0.5) is 0 Å². The molecule has 0 aliphatic rings. The molecule has 0 radical (unpaired) electrons. The van der Waals surface area contributed by atoms with Crippen molar-refractivity contribution in [2.24, 2.45) is 0 Å². The van der Waals surface area contributed by atoms with Crippen molar-refractivity contribution in [3.05, 3.63) is 64.1 Å². The summed E-state index contributed by atoms with van der Waals surface area (Å²) >= 11 is 3.50. The number of rotatable bonds is 6. The Balaban J connectivity index is 1.81. The summed E-state index contributed by atoms with van der Waals surface area (Å²) in [6, 6.07) is 16.7. The maximum absolute atomic E-state index is 5.36. The predicted molar refractivity (Wildman–Crippen MR) is 81.3 cm³/mol. The van der Waals surface area contributed by atoms with E-state index in [0.717, 1.165) is 29.7 Å². The van der Waals surface area contributed by atoms with Crippen LogP contribution in [0.5, 0.6) is 5.75 Å². The summed E-state index contributed by atoms with van der Waals surface area (Å²) in [6.45, 7) is 2.07. The Morgan fingerprint density at radius 3 is 2.74 bits per heavy atom. The molecule has 0 bridgehead atoms. The topological polar surface area (TPSA) is 25.8 Å². The highest BCUT2D eigenvalue weighted by Gasteiger charge is 2.02. The first-order valence-corrected chi connectivity index (χ1v) is 7.27. The first-order valence-electron chi connectivity index (χ1n) is 6.47. The molecule has 0 atom stereocenters. The van der Waals surface area contributed by atoms with Gasteiger partial charge in [-0.2, -0.15) is 0 Å². The minimum atomic E-state index is 0.985. The molecule has 2 aromatic rings. The molecular formula is C16H19BrNO+. The molecule has 3 heteroatoms. The maximum Gasteiger partial charge on any atom is 0.122 e. The Kier molecular flexibility index (Phi) is 5.43. The van der Waals surface area contributed by atoms with E-state index in [1.807, 2.05) is 12.1 Å². The predicted octanol–water partition coefficient (Wildman–Crippen LogP) is 2.76. The zero-order chi connectivity index (χ0) is 13.5. The number of hydrogen-bond donors (Lipinski definition) is 1. The quantitative estimate of drug-likeness (QED) is 0.814. The lowest BCUT2D eigenvalue weighted by Gasteiger charge is -2.07. The van der Waals surface area contributed by atoms with E-state index in [9.17, 15) is 0 Å². The molecule has 2 nitrogen and oxygen atoms in total. The van der Waals surface area contributed by atoms with Gasteiger partial charge in [0.25, 0.3) is 0 Å². The number of ether oxygens (including phenoxy) is 1. The van der Waals surface area contributed by atoms with Crippen molar-refractivity contribution in [3.63, 3.8) is 0 Å². The Bertz CT molecular complexity index is 528. The van der Waals surface area contributed by atoms with Gasteiger partial charge in [0.2, 0.25) is 0 Å². The second kappa shape index (κ2) is 7.31. The molecule has 2 aromatic carbocycles. The largest absolute Gasteiger partial charge is 0.496 e. The van der Waals surface area contributed by atoms with Gasteiger partial charge >= 0.3 is 0 Å². The van der Waals surface area contributed by atoms with Crippen LogP contribution in [-0.2, 0) is 13.0 Å². The number of nitrogens with two attached hydrogens (primary N) is 1. The Hall–Kier alpha value is -1.32. The highest BCUT2D eigenvalue weighted by molar-refractivity contribution is 9.10. The molecule has 2 rings (SSSR count). The standard InChI is InChI=1S/C16H18BrNO/c1-19-16-8-3-2-6-14(16)9-10-18-12-13-5-4-7-15(17)11-13/h2-8,11,18H,9-10,12H2,1H3/p+1. The minimum absolute atomic E-state index is 0.985. The highest BCUT2D eigenvalue weighted by atomic mass is 79.9. The van der Waals surface area contributed by atoms with Gasteiger partial charge < -0.3 is 10.1 Å². The Morgan fingerprint density at radius 1 is 1.11 bits per heavy atom. The summed E-state index contributed by atoms with van der Waals surface area (Å²) in [4.78, 5) is 0. The number of methoxy groups -OCH3 is 1. The van der Waals surface area contributed by atoms with Crippen LogP contribution in [0.1, 0.15) is 11.1 Å². The van der Waals surface area contributed by atoms with Gasteiger partial charge in [-0.25, -0.2) is 0 Å². The van der Waals surface area contributed by atoms with E-state index in [1.54, 1.807) is 7.11 Å². The lowest BCUT2D eigenvalue weighted by molar-refractivity contribution is -0.670. The maximum atomic E-state index is 5.36. The fraction of sp³-hybridized carbons (Fsp3) is 0.250. The normalized spacial score (nSPS) is 10.4. The van der Waals surface area contributed by atoms with Crippen LogP contribution in [0, 0.1) is 0 Å². The highest BCUT2D eigenvalue weighted by Crippen LogP contribution is 2.16. The van der Waals surface area contributed by atoms with E-state index in [-0.39, 0.29) is 0 Å². The molecule has 0 fully saturated rings. The van der Waals surface area contributed by atoms with Crippen LogP contribution >= 0.6 is 15.9 Å². The van der Waals surface area contributed by atoms with Gasteiger partial charge in [-0.05, 0) is 23.8 Å². The van der Waals surface area contributed by atoms with Gasteiger partial charge in [0, 0.05) is 16.5 Å². The van der Waals surface area contributed by atoms with Crippen molar-refractivity contribution in [1.29, 1.82) is 0 Å². The van der Waals surface area contributed by atoms with Gasteiger partial charge in [-0.1, -0.05) is 46.3 Å². The molecular weight excluding hydrogens is 302 g/mol. The van der Waals surface area contributed by atoms with Crippen molar-refractivity contribution < 1.29 is 10.1 Å². The van der Waals surface area contributed by atoms with Crippen molar-refractivity contribution in [2.45, 2.75) is 13.0 Å². The average molecular weight is 321 g/mol. The van der Waals surface area contributed by atoms with Crippen LogP contribution in [-0.4, -0.2) is 13.7 Å². The zero-order valence-corrected chi connectivity index (χ0v) is 12.7. The molecule has 0 aliphatic heterocycles. The van der Waals surface area contributed by atoms with Gasteiger partial charge in [-0.3, -0.25) is 0 Å². The SMILES string of the molecule is COc1ccccc1CC[NH2+]Cc1cccc(Br)c1. The summed E-state index contributed by atoms with van der Waals surface area (Å²) in [5.41, 5.74) is 2.62. The molecule has 0 amide bonds. The molecule has 2 N–H and O–H groups in total. The number of halogens is 1. The molecule has 0 heterocycles. The van der Waals surface area contributed by atoms with E-state index >= 15 is 0 Å². The molecule has 100 valence electrons. The Labute approximate surface area is 122 Å². The van der Waals surface area contributed by atoms with E-state index in [2.05, 4.69) is 57.6 Å². The molecule has 0 aromatic heterocycles. The van der Waals surface area contributed by atoms with Gasteiger partial charge in [0.15, 0.2) is 0 Å². The second-order valence-corrected chi connectivity index (χ2v) is 5.39. The number of benzene rings is 2. The molecule has 0 aliphatic carbocycles. The van der Waals surface area contributed by atoms with Crippen LogP contribution in [0.15, 0.2) is 53.0 Å². The Morgan fingerprint density at radius 2 is 1.95 bits per heavy atom. The second-order valence-electron chi connectivity index (χ2n) is 4.47. The third-order valence-electron chi connectivity index (χ3n) is 3.08. The fourth-order valence-electron chi connectivity index (χ4n) is 2.10. The number of hydrogen-bond acceptors (Lipinski definition) is 1. The van der Waals surface area contributed by atoms with Gasteiger partial charge in [-0.15, -0.1) is 0 Å². The van der Waals surface area contributed by atoms with Crippen LogP contribution in [0.25, 0.3) is 0 Å². The van der Waals surface area contributed by atoms with Crippen LogP contribution in [0.2, 0.25) is 0 Å². The third kappa shape index (κ3) is 4.37. The smallest absolute Gasteiger partial charge is 0.122 e. The summed E-state index contributed by atoms with van der Waals surface area (Å²) < 4.78 is 6.50. The van der Waals surface area contributed by atoms with Gasteiger partial charge in [0.05, 0.1) is 13.7 Å². The monoisotopic (exact) mass is 320 g/mol. The fourth-order valence-corrected chi connectivity index (χ4v) is 2.55.